The lowest BCUT2D eigenvalue weighted by molar-refractivity contribution is 0.0661. The molecule has 1 unspecified atom stereocenters. The van der Waals surface area contributed by atoms with Gasteiger partial charge in [-0.25, -0.2) is 4.98 Å². The molecular weight excluding hydrogens is 410 g/mol. The molecule has 2 bridgehead atoms. The third-order valence-corrected chi connectivity index (χ3v) is 7.82. The van der Waals surface area contributed by atoms with E-state index >= 15 is 0 Å². The van der Waals surface area contributed by atoms with Crippen LogP contribution in [0.25, 0.3) is 15.9 Å². The minimum absolute atomic E-state index is 0.0697. The van der Waals surface area contributed by atoms with Crippen LogP contribution in [-0.4, -0.2) is 45.5 Å². The normalized spacial score (nSPS) is 23.4. The van der Waals surface area contributed by atoms with E-state index in [4.69, 9.17) is 4.74 Å². The average Bonchev–Trinajstić information content (AvgIpc) is 3.27. The lowest BCUT2D eigenvalue weighted by Crippen LogP contribution is -2.43. The van der Waals surface area contributed by atoms with Crippen molar-refractivity contribution in [1.29, 1.82) is 0 Å². The number of carbonyl (C=O) groups is 1. The minimum Gasteiger partial charge on any atom is -0.490 e. The number of nitrogens with zero attached hydrogens (tertiary/aromatic N) is 3. The van der Waals surface area contributed by atoms with Crippen molar-refractivity contribution in [2.75, 3.05) is 7.05 Å². The fourth-order valence-electron chi connectivity index (χ4n) is 4.92. The molecule has 7 heteroatoms. The fourth-order valence-corrected chi connectivity index (χ4v) is 5.93. The smallest absolute Gasteiger partial charge is 0.275 e. The van der Waals surface area contributed by atoms with Crippen LogP contribution in [0, 0.1) is 0 Å². The van der Waals surface area contributed by atoms with Crippen LogP contribution < -0.4 is 10.3 Å². The number of aromatic nitrogens is 2. The molecule has 0 saturated carbocycles. The van der Waals surface area contributed by atoms with E-state index < -0.39 is 0 Å². The summed E-state index contributed by atoms with van der Waals surface area (Å²) in [5.41, 5.74) is 1.18. The number of piperidine rings is 1. The van der Waals surface area contributed by atoms with Gasteiger partial charge in [0.25, 0.3) is 5.56 Å². The van der Waals surface area contributed by atoms with Gasteiger partial charge in [0.1, 0.15) is 22.9 Å². The summed E-state index contributed by atoms with van der Waals surface area (Å²) in [6.07, 6.45) is 7.76. The highest BCUT2D eigenvalue weighted by molar-refractivity contribution is 7.20. The summed E-state index contributed by atoms with van der Waals surface area (Å²) in [7, 11) is 2.23. The Hall–Kier alpha value is -2.51. The van der Waals surface area contributed by atoms with E-state index in [9.17, 15) is 9.59 Å². The number of Topliss-reactive ketones (excluding diaryl/α,β-unsaturated/α-hetero) is 1. The predicted octanol–water partition coefficient (Wildman–Crippen LogP) is 4.43. The van der Waals surface area contributed by atoms with Gasteiger partial charge >= 0.3 is 0 Å². The van der Waals surface area contributed by atoms with Crippen LogP contribution in [0.1, 0.15) is 55.1 Å². The molecule has 0 radical (unpaired) electrons. The Kier molecular flexibility index (Phi) is 5.40. The summed E-state index contributed by atoms with van der Waals surface area (Å²) in [5, 5.41) is 0. The van der Waals surface area contributed by atoms with E-state index in [2.05, 4.69) is 16.9 Å². The summed E-state index contributed by atoms with van der Waals surface area (Å²) in [6, 6.07) is 10.6. The fraction of sp³-hybridized carbons (Fsp3) is 0.458. The molecule has 1 aromatic carbocycles. The largest absolute Gasteiger partial charge is 0.490 e. The van der Waals surface area contributed by atoms with Crippen LogP contribution in [-0.2, 0) is 0 Å². The van der Waals surface area contributed by atoms with E-state index in [1.807, 2.05) is 31.2 Å². The Balaban J connectivity index is 1.35. The molecule has 3 atom stereocenters. The van der Waals surface area contributed by atoms with Gasteiger partial charge in [0, 0.05) is 18.5 Å². The first-order valence-electron chi connectivity index (χ1n) is 11.1. The Labute approximate surface area is 185 Å². The van der Waals surface area contributed by atoms with Crippen LogP contribution in [0.5, 0.6) is 5.75 Å². The van der Waals surface area contributed by atoms with Gasteiger partial charge in [-0.3, -0.25) is 14.2 Å². The molecule has 5 rings (SSSR count). The second-order valence-corrected chi connectivity index (χ2v) is 9.73. The van der Waals surface area contributed by atoms with Gasteiger partial charge in [-0.2, -0.15) is 0 Å². The minimum atomic E-state index is -0.147. The third kappa shape index (κ3) is 3.81. The van der Waals surface area contributed by atoms with E-state index in [0.29, 0.717) is 33.6 Å². The zero-order chi connectivity index (χ0) is 21.5. The number of fused-ring (bicyclic) bond motifs is 3. The van der Waals surface area contributed by atoms with Crippen molar-refractivity contribution >= 4 is 27.3 Å². The highest BCUT2D eigenvalue weighted by Gasteiger charge is 2.39. The van der Waals surface area contributed by atoms with Crippen LogP contribution in [0.3, 0.4) is 0 Å². The summed E-state index contributed by atoms with van der Waals surface area (Å²) in [6.45, 7) is 1.97. The van der Waals surface area contributed by atoms with E-state index in [1.54, 1.807) is 6.07 Å². The maximum Gasteiger partial charge on any atom is 0.275 e. The molecule has 3 aromatic rings. The highest BCUT2D eigenvalue weighted by Crippen LogP contribution is 2.36. The zero-order valence-electron chi connectivity index (χ0n) is 17.9. The van der Waals surface area contributed by atoms with Gasteiger partial charge in [-0.15, -0.1) is 11.3 Å². The second-order valence-electron chi connectivity index (χ2n) is 8.67. The molecule has 162 valence electrons. The number of thiophene rings is 1. The first kappa shape index (κ1) is 20.4. The molecule has 6 nitrogen and oxygen atoms in total. The van der Waals surface area contributed by atoms with Crippen molar-refractivity contribution in [3.8, 4) is 11.4 Å². The SMILES string of the molecule is CCCC(=O)c1cc2ncn(-c3ccc(OC4C[C@H]5CC[C@@H](C4)N5C)cc3)c(=O)c2s1. The average molecular weight is 438 g/mol. The third-order valence-electron chi connectivity index (χ3n) is 6.66. The first-order chi connectivity index (χ1) is 15.0. The van der Waals surface area contributed by atoms with Gasteiger partial charge in [0.2, 0.25) is 0 Å². The lowest BCUT2D eigenvalue weighted by atomic mass is 10.0. The summed E-state index contributed by atoms with van der Waals surface area (Å²) in [5.74, 6) is 0.906. The molecule has 2 aliphatic heterocycles. The van der Waals surface area contributed by atoms with Crippen LogP contribution in [0.2, 0.25) is 0 Å². The molecule has 2 aromatic heterocycles. The maximum absolute atomic E-state index is 13.0. The second kappa shape index (κ2) is 8.20. The highest BCUT2D eigenvalue weighted by atomic mass is 32.1. The first-order valence-corrected chi connectivity index (χ1v) is 11.9. The van der Waals surface area contributed by atoms with Crippen molar-refractivity contribution in [2.24, 2.45) is 0 Å². The van der Waals surface area contributed by atoms with Crippen molar-refractivity contribution in [3.63, 3.8) is 0 Å². The number of hydrogen-bond acceptors (Lipinski definition) is 6. The molecule has 2 aliphatic rings. The van der Waals surface area contributed by atoms with Gasteiger partial charge < -0.3 is 9.64 Å². The van der Waals surface area contributed by atoms with Gasteiger partial charge in [0.05, 0.1) is 16.1 Å². The van der Waals surface area contributed by atoms with E-state index in [0.717, 1.165) is 30.7 Å². The van der Waals surface area contributed by atoms with Crippen molar-refractivity contribution in [1.82, 2.24) is 14.5 Å². The molecule has 0 aliphatic carbocycles. The molecule has 0 spiro atoms. The predicted molar refractivity (Wildman–Crippen MR) is 123 cm³/mol. The topological polar surface area (TPSA) is 64.4 Å². The lowest BCUT2D eigenvalue weighted by Gasteiger charge is -2.36. The molecule has 4 heterocycles. The summed E-state index contributed by atoms with van der Waals surface area (Å²) >= 11 is 1.24. The van der Waals surface area contributed by atoms with E-state index in [1.165, 1.54) is 35.1 Å². The zero-order valence-corrected chi connectivity index (χ0v) is 18.7. The maximum atomic E-state index is 13.0. The number of hydrogen-bond donors (Lipinski definition) is 0. The Bertz CT molecular complexity index is 1150. The van der Waals surface area contributed by atoms with Gasteiger partial charge in [0.15, 0.2) is 5.78 Å². The number of ether oxygens (including phenoxy) is 1. The van der Waals surface area contributed by atoms with Crippen LogP contribution in [0.4, 0.5) is 0 Å². The van der Waals surface area contributed by atoms with Crippen molar-refractivity contribution in [3.05, 3.63) is 51.9 Å². The van der Waals surface area contributed by atoms with E-state index in [-0.39, 0.29) is 17.4 Å². The summed E-state index contributed by atoms with van der Waals surface area (Å²) in [4.78, 5) is 32.7. The quantitative estimate of drug-likeness (QED) is 0.534. The van der Waals surface area contributed by atoms with Crippen molar-refractivity contribution < 1.29 is 9.53 Å². The molecule has 0 amide bonds. The summed E-state index contributed by atoms with van der Waals surface area (Å²) < 4.78 is 8.32. The number of rotatable bonds is 6. The molecular formula is C24H27N3O3S. The molecule has 31 heavy (non-hydrogen) atoms. The van der Waals surface area contributed by atoms with Gasteiger partial charge in [-0.05, 0) is 69.5 Å². The number of benzene rings is 1. The molecule has 0 N–H and O–H groups in total. The van der Waals surface area contributed by atoms with Crippen molar-refractivity contribution in [2.45, 2.75) is 63.6 Å². The molecule has 2 fully saturated rings. The van der Waals surface area contributed by atoms with Gasteiger partial charge in [-0.1, -0.05) is 6.92 Å². The monoisotopic (exact) mass is 437 g/mol. The van der Waals surface area contributed by atoms with Crippen LogP contribution in [0.15, 0.2) is 41.5 Å². The number of ketones is 1. The Morgan fingerprint density at radius 1 is 1.19 bits per heavy atom. The Morgan fingerprint density at radius 3 is 2.58 bits per heavy atom. The number of carbonyl (C=O) groups excluding carboxylic acids is 1. The Morgan fingerprint density at radius 2 is 1.90 bits per heavy atom. The molecule has 2 saturated heterocycles. The van der Waals surface area contributed by atoms with Crippen LogP contribution >= 0.6 is 11.3 Å². The standard InChI is InChI=1S/C24H27N3O3S/c1-3-4-21(28)22-13-20-23(31-22)24(29)27(14-25-20)15-7-9-18(10-8-15)30-19-11-16-5-6-17(12-19)26(16)2/h7-10,13-14,16-17,19H,3-6,11-12H2,1-2H3/t16-,17+,19?.